The summed E-state index contributed by atoms with van der Waals surface area (Å²) in [6.07, 6.45) is 6.18. The van der Waals surface area contributed by atoms with Crippen molar-refractivity contribution in [1.82, 2.24) is 14.3 Å². The Morgan fingerprint density at radius 2 is 2.10 bits per heavy atom. The summed E-state index contributed by atoms with van der Waals surface area (Å²) < 4.78 is 24.2. The van der Waals surface area contributed by atoms with Crippen molar-refractivity contribution in [3.63, 3.8) is 0 Å². The number of nitrogens with zero attached hydrogens (tertiary/aromatic N) is 4. The molecule has 20 heavy (non-hydrogen) atoms. The summed E-state index contributed by atoms with van der Waals surface area (Å²) in [5.41, 5.74) is 2.48. The van der Waals surface area contributed by atoms with Gasteiger partial charge in [-0.05, 0) is 19.3 Å². The molecule has 0 bridgehead atoms. The number of hydrogen-bond donors (Lipinski definition) is 0. The van der Waals surface area contributed by atoms with Crippen molar-refractivity contribution in [2.75, 3.05) is 37.8 Å². The van der Waals surface area contributed by atoms with Crippen LogP contribution in [0.25, 0.3) is 0 Å². The Hall–Kier alpha value is -1.21. The second-order valence-corrected chi connectivity index (χ2v) is 7.88. The van der Waals surface area contributed by atoms with Gasteiger partial charge in [-0.1, -0.05) is 0 Å². The van der Waals surface area contributed by atoms with Crippen LogP contribution < -0.4 is 4.90 Å². The summed E-state index contributed by atoms with van der Waals surface area (Å²) >= 11 is 0. The summed E-state index contributed by atoms with van der Waals surface area (Å²) in [5, 5.41) is 0. The van der Waals surface area contributed by atoms with Crippen molar-refractivity contribution in [2.45, 2.75) is 19.3 Å². The highest BCUT2D eigenvalue weighted by atomic mass is 32.2. The Bertz CT molecular complexity index is 611. The minimum Gasteiger partial charge on any atom is -0.355 e. The molecular weight excluding hydrogens is 276 g/mol. The van der Waals surface area contributed by atoms with Gasteiger partial charge in [0.1, 0.15) is 12.1 Å². The Morgan fingerprint density at radius 3 is 2.80 bits per heavy atom. The zero-order valence-corrected chi connectivity index (χ0v) is 12.7. The largest absolute Gasteiger partial charge is 0.355 e. The molecule has 2 aliphatic rings. The molecule has 110 valence electrons. The molecule has 1 fully saturated rings. The molecule has 0 aromatic carbocycles. The number of rotatable bonds is 4. The van der Waals surface area contributed by atoms with Gasteiger partial charge in [-0.15, -0.1) is 0 Å². The SMILES string of the molecule is CN(CC1CN(c2ncnc3c2CCC3)C1)S(C)(=O)=O. The first-order valence-electron chi connectivity index (χ1n) is 6.94. The summed E-state index contributed by atoms with van der Waals surface area (Å²) in [4.78, 5) is 11.0. The number of sulfonamides is 1. The molecule has 0 unspecified atom stereocenters. The van der Waals surface area contributed by atoms with Crippen LogP contribution in [0.3, 0.4) is 0 Å². The van der Waals surface area contributed by atoms with Crippen molar-refractivity contribution >= 4 is 15.8 Å². The van der Waals surface area contributed by atoms with Crippen LogP contribution in [0.2, 0.25) is 0 Å². The molecule has 7 heteroatoms. The molecule has 1 aromatic rings. The fraction of sp³-hybridized carbons (Fsp3) is 0.692. The summed E-state index contributed by atoms with van der Waals surface area (Å²) in [7, 11) is -1.44. The number of aryl methyl sites for hydroxylation is 1. The van der Waals surface area contributed by atoms with E-state index in [2.05, 4.69) is 14.9 Å². The minimum atomic E-state index is -3.08. The fourth-order valence-corrected chi connectivity index (χ4v) is 3.45. The van der Waals surface area contributed by atoms with Gasteiger partial charge in [-0.2, -0.15) is 0 Å². The first-order valence-corrected chi connectivity index (χ1v) is 8.79. The second-order valence-electron chi connectivity index (χ2n) is 5.79. The van der Waals surface area contributed by atoms with E-state index in [-0.39, 0.29) is 0 Å². The molecule has 0 N–H and O–H groups in total. The number of hydrogen-bond acceptors (Lipinski definition) is 5. The van der Waals surface area contributed by atoms with E-state index in [0.29, 0.717) is 12.5 Å². The molecule has 0 saturated carbocycles. The van der Waals surface area contributed by atoms with Crippen molar-refractivity contribution in [3.8, 4) is 0 Å². The lowest BCUT2D eigenvalue weighted by atomic mass is 9.99. The van der Waals surface area contributed by atoms with Crippen molar-refractivity contribution in [1.29, 1.82) is 0 Å². The van der Waals surface area contributed by atoms with Crippen LogP contribution in [0.1, 0.15) is 17.7 Å². The highest BCUT2D eigenvalue weighted by molar-refractivity contribution is 7.88. The number of anilines is 1. The van der Waals surface area contributed by atoms with Crippen molar-refractivity contribution in [2.24, 2.45) is 5.92 Å². The highest BCUT2D eigenvalue weighted by Crippen LogP contribution is 2.32. The van der Waals surface area contributed by atoms with Gasteiger partial charge in [-0.3, -0.25) is 0 Å². The lowest BCUT2D eigenvalue weighted by Gasteiger charge is -2.42. The van der Waals surface area contributed by atoms with Crippen LogP contribution in [0.4, 0.5) is 5.82 Å². The molecule has 0 spiro atoms. The third-order valence-corrected chi connectivity index (χ3v) is 5.47. The molecule has 3 rings (SSSR count). The van der Waals surface area contributed by atoms with Gasteiger partial charge in [0, 0.05) is 43.9 Å². The quantitative estimate of drug-likeness (QED) is 0.799. The van der Waals surface area contributed by atoms with E-state index < -0.39 is 10.0 Å². The minimum absolute atomic E-state index is 0.391. The first kappa shape index (κ1) is 13.8. The smallest absolute Gasteiger partial charge is 0.210 e. The lowest BCUT2D eigenvalue weighted by Crippen LogP contribution is -2.52. The van der Waals surface area contributed by atoms with E-state index >= 15 is 0 Å². The monoisotopic (exact) mass is 296 g/mol. The van der Waals surface area contributed by atoms with E-state index in [4.69, 9.17) is 0 Å². The third kappa shape index (κ3) is 2.52. The van der Waals surface area contributed by atoms with Crippen molar-refractivity contribution in [3.05, 3.63) is 17.6 Å². The van der Waals surface area contributed by atoms with Crippen LogP contribution in [-0.4, -0.2) is 55.6 Å². The Labute approximate surface area is 119 Å². The average molecular weight is 296 g/mol. The molecule has 0 atom stereocenters. The van der Waals surface area contributed by atoms with Crippen molar-refractivity contribution < 1.29 is 8.42 Å². The predicted molar refractivity (Wildman–Crippen MR) is 77.2 cm³/mol. The first-order chi connectivity index (χ1) is 9.45. The summed E-state index contributed by atoms with van der Waals surface area (Å²) in [6, 6.07) is 0. The molecule has 1 aliphatic carbocycles. The van der Waals surface area contributed by atoms with E-state index in [1.165, 1.54) is 21.8 Å². The van der Waals surface area contributed by atoms with Gasteiger partial charge in [0.15, 0.2) is 0 Å². The summed E-state index contributed by atoms with van der Waals surface area (Å²) in [5.74, 6) is 1.45. The van der Waals surface area contributed by atoms with E-state index in [9.17, 15) is 8.42 Å². The molecule has 2 heterocycles. The highest BCUT2D eigenvalue weighted by Gasteiger charge is 2.32. The zero-order valence-electron chi connectivity index (χ0n) is 11.9. The number of fused-ring (bicyclic) bond motifs is 1. The van der Waals surface area contributed by atoms with E-state index in [1.807, 2.05) is 0 Å². The van der Waals surface area contributed by atoms with Gasteiger partial charge in [0.2, 0.25) is 10.0 Å². The maximum Gasteiger partial charge on any atom is 0.210 e. The lowest BCUT2D eigenvalue weighted by molar-refractivity contribution is 0.326. The van der Waals surface area contributed by atoms with Gasteiger partial charge in [-0.25, -0.2) is 22.7 Å². The molecule has 6 nitrogen and oxygen atoms in total. The Morgan fingerprint density at radius 1 is 1.35 bits per heavy atom. The van der Waals surface area contributed by atoms with Crippen LogP contribution in [0.5, 0.6) is 0 Å². The van der Waals surface area contributed by atoms with Gasteiger partial charge < -0.3 is 4.90 Å². The predicted octanol–water partition coefficient (Wildman–Crippen LogP) is 0.293. The Balaban J connectivity index is 1.63. The molecule has 1 aliphatic heterocycles. The topological polar surface area (TPSA) is 66.4 Å². The molecule has 0 amide bonds. The van der Waals surface area contributed by atoms with Crippen LogP contribution in [-0.2, 0) is 22.9 Å². The average Bonchev–Trinajstić information content (AvgIpc) is 2.79. The standard InChI is InChI=1S/C13H20N4O2S/c1-16(20(2,18)19)6-10-7-17(8-10)13-11-4-3-5-12(11)14-9-15-13/h9-10H,3-8H2,1-2H3. The van der Waals surface area contributed by atoms with Crippen LogP contribution in [0.15, 0.2) is 6.33 Å². The molecule has 1 aromatic heterocycles. The van der Waals surface area contributed by atoms with Gasteiger partial charge in [0.05, 0.1) is 6.26 Å². The van der Waals surface area contributed by atoms with Gasteiger partial charge >= 0.3 is 0 Å². The molecule has 0 radical (unpaired) electrons. The van der Waals surface area contributed by atoms with E-state index in [1.54, 1.807) is 13.4 Å². The van der Waals surface area contributed by atoms with Crippen LogP contribution in [0, 0.1) is 5.92 Å². The molecule has 1 saturated heterocycles. The normalized spacial score (nSPS) is 19.2. The maximum atomic E-state index is 11.4. The Kier molecular flexibility index (Phi) is 3.41. The molecular formula is C13H20N4O2S. The second kappa shape index (κ2) is 4.96. The number of aromatic nitrogens is 2. The van der Waals surface area contributed by atoms with Gasteiger partial charge in [0.25, 0.3) is 0 Å². The summed E-state index contributed by atoms with van der Waals surface area (Å²) in [6.45, 7) is 2.34. The third-order valence-electron chi connectivity index (χ3n) is 4.19. The maximum absolute atomic E-state index is 11.4. The zero-order chi connectivity index (χ0) is 14.3. The van der Waals surface area contributed by atoms with E-state index in [0.717, 1.165) is 38.2 Å². The fourth-order valence-electron chi connectivity index (χ4n) is 2.97. The van der Waals surface area contributed by atoms with Crippen LogP contribution >= 0.6 is 0 Å².